The fraction of sp³-hybridized carbons (Fsp3) is 0.500. The van der Waals surface area contributed by atoms with E-state index in [0.717, 1.165) is 17.9 Å². The normalized spacial score (nSPS) is 21.0. The van der Waals surface area contributed by atoms with Crippen LogP contribution in [0.25, 0.3) is 0 Å². The van der Waals surface area contributed by atoms with Gasteiger partial charge < -0.3 is 0 Å². The molecule has 0 radical (unpaired) electrons. The lowest BCUT2D eigenvalue weighted by molar-refractivity contribution is 0.923. The van der Waals surface area contributed by atoms with Gasteiger partial charge in [-0.1, -0.05) is 27.5 Å². The van der Waals surface area contributed by atoms with E-state index in [2.05, 4.69) is 15.9 Å². The van der Waals surface area contributed by atoms with Crippen LogP contribution in [-0.2, 0) is 0 Å². The molecule has 1 rings (SSSR count). The number of allylic oxidation sites excluding steroid dienone is 2. The molecule has 34 valence electrons. The average molecular weight is 167 g/mol. The molecule has 0 N–H and O–H groups in total. The van der Waals surface area contributed by atoms with Gasteiger partial charge in [0.15, 0.2) is 0 Å². The molecule has 0 spiro atoms. The second-order valence-electron chi connectivity index (χ2n) is 1.31. The van der Waals surface area contributed by atoms with Crippen LogP contribution in [0.3, 0.4) is 0 Å². The van der Waals surface area contributed by atoms with E-state index in [1.165, 1.54) is 4.48 Å². The van der Waals surface area contributed by atoms with Crippen molar-refractivity contribution in [3.05, 3.63) is 9.51 Å². The van der Waals surface area contributed by atoms with Gasteiger partial charge in [0.25, 0.3) is 0 Å². The first-order chi connectivity index (χ1) is 2.80. The minimum atomic E-state index is 0.995. The van der Waals surface area contributed by atoms with E-state index in [9.17, 15) is 0 Å². The van der Waals surface area contributed by atoms with Gasteiger partial charge in [-0.3, -0.25) is 0 Å². The van der Waals surface area contributed by atoms with E-state index >= 15 is 0 Å². The summed E-state index contributed by atoms with van der Waals surface area (Å²) in [5.41, 5.74) is 0. The maximum atomic E-state index is 5.53. The lowest BCUT2D eigenvalue weighted by Crippen LogP contribution is -1.89. The summed E-state index contributed by atoms with van der Waals surface area (Å²) in [5, 5.41) is 0.995. The number of hydrogen-bond acceptors (Lipinski definition) is 0. The summed E-state index contributed by atoms with van der Waals surface area (Å²) in [6, 6.07) is 0. The molecule has 0 aliphatic heterocycles. The van der Waals surface area contributed by atoms with Gasteiger partial charge in [0.2, 0.25) is 0 Å². The van der Waals surface area contributed by atoms with Crippen molar-refractivity contribution in [2.75, 3.05) is 0 Å². The second kappa shape index (κ2) is 1.55. The Bertz CT molecular complexity index is 83.7. The molecule has 0 nitrogen and oxygen atoms in total. The Morgan fingerprint density at radius 2 is 2.00 bits per heavy atom. The van der Waals surface area contributed by atoms with Gasteiger partial charge in [-0.15, -0.1) is 0 Å². The number of halogens is 2. The van der Waals surface area contributed by atoms with Crippen molar-refractivity contribution < 1.29 is 0 Å². The van der Waals surface area contributed by atoms with Crippen molar-refractivity contribution in [1.29, 1.82) is 0 Å². The highest BCUT2D eigenvalue weighted by Crippen LogP contribution is 2.34. The van der Waals surface area contributed by atoms with E-state index in [4.69, 9.17) is 11.6 Å². The van der Waals surface area contributed by atoms with Gasteiger partial charge in [0, 0.05) is 9.51 Å². The Hall–Kier alpha value is 0.510. The molecule has 6 heavy (non-hydrogen) atoms. The first kappa shape index (κ1) is 4.66. The highest BCUT2D eigenvalue weighted by molar-refractivity contribution is 9.11. The lowest BCUT2D eigenvalue weighted by atomic mass is 10.1. The summed E-state index contributed by atoms with van der Waals surface area (Å²) in [5.74, 6) is 0. The molecule has 0 aromatic carbocycles. The predicted octanol–water partition coefficient (Wildman–Crippen LogP) is 2.63. The topological polar surface area (TPSA) is 0 Å². The minimum absolute atomic E-state index is 0.995. The Balaban J connectivity index is 2.66. The molecule has 2 heteroatoms. The molecule has 0 amide bonds. The van der Waals surface area contributed by atoms with Gasteiger partial charge in [0.1, 0.15) is 0 Å². The van der Waals surface area contributed by atoms with Crippen LogP contribution >= 0.6 is 27.5 Å². The van der Waals surface area contributed by atoms with Crippen molar-refractivity contribution in [1.82, 2.24) is 0 Å². The van der Waals surface area contributed by atoms with Crippen molar-refractivity contribution in [2.24, 2.45) is 0 Å². The van der Waals surface area contributed by atoms with Crippen LogP contribution in [0.5, 0.6) is 0 Å². The van der Waals surface area contributed by atoms with Crippen LogP contribution in [0, 0.1) is 0 Å². The average Bonchev–Trinajstić information content (AvgIpc) is 1.61. The zero-order valence-corrected chi connectivity index (χ0v) is 5.51. The zero-order valence-electron chi connectivity index (χ0n) is 3.17. The van der Waals surface area contributed by atoms with Gasteiger partial charge in [-0.05, 0) is 12.8 Å². The molecule has 1 aliphatic carbocycles. The van der Waals surface area contributed by atoms with Gasteiger partial charge >= 0.3 is 0 Å². The van der Waals surface area contributed by atoms with Crippen molar-refractivity contribution >= 4 is 27.5 Å². The smallest absolute Gasteiger partial charge is 0.0285 e. The molecule has 0 saturated carbocycles. The highest BCUT2D eigenvalue weighted by atomic mass is 79.9. The van der Waals surface area contributed by atoms with E-state index in [0.29, 0.717) is 0 Å². The Morgan fingerprint density at radius 3 is 2.00 bits per heavy atom. The van der Waals surface area contributed by atoms with Crippen molar-refractivity contribution in [2.45, 2.75) is 12.8 Å². The third-order valence-electron chi connectivity index (χ3n) is 0.858. The molecule has 0 atom stereocenters. The third-order valence-corrected chi connectivity index (χ3v) is 2.38. The third kappa shape index (κ3) is 0.614. The molecular weight excluding hydrogens is 163 g/mol. The fourth-order valence-electron chi connectivity index (χ4n) is 0.314. The van der Waals surface area contributed by atoms with Crippen LogP contribution in [0.4, 0.5) is 0 Å². The standard InChI is InChI=1S/C4H4BrCl/c5-3-1-2-4(3)6/h1-2H2. The van der Waals surface area contributed by atoms with E-state index in [-0.39, 0.29) is 0 Å². The summed E-state index contributed by atoms with van der Waals surface area (Å²) < 4.78 is 1.18. The zero-order chi connectivity index (χ0) is 4.57. The molecule has 0 saturated heterocycles. The SMILES string of the molecule is ClC1=C(Br)CC1. The first-order valence-corrected chi connectivity index (χ1v) is 3.01. The van der Waals surface area contributed by atoms with Crippen molar-refractivity contribution in [3.8, 4) is 0 Å². The second-order valence-corrected chi connectivity index (χ2v) is 2.72. The number of rotatable bonds is 0. The largest absolute Gasteiger partial charge is 0.0883 e. The molecule has 0 aromatic heterocycles. The Kier molecular flexibility index (Phi) is 1.20. The van der Waals surface area contributed by atoms with E-state index < -0.39 is 0 Å². The molecule has 0 bridgehead atoms. The van der Waals surface area contributed by atoms with E-state index in [1.54, 1.807) is 0 Å². The highest BCUT2D eigenvalue weighted by Gasteiger charge is 2.09. The summed E-state index contributed by atoms with van der Waals surface area (Å²) >= 11 is 8.81. The summed E-state index contributed by atoms with van der Waals surface area (Å²) in [6.45, 7) is 0. The Labute approximate surface area is 50.3 Å². The fourth-order valence-corrected chi connectivity index (χ4v) is 0.899. The molecular formula is C4H4BrCl. The Morgan fingerprint density at radius 1 is 1.50 bits per heavy atom. The lowest BCUT2D eigenvalue weighted by Gasteiger charge is -2.10. The quantitative estimate of drug-likeness (QED) is 0.520. The monoisotopic (exact) mass is 166 g/mol. The van der Waals surface area contributed by atoms with Crippen LogP contribution in [0.1, 0.15) is 12.8 Å². The summed E-state index contributed by atoms with van der Waals surface area (Å²) in [7, 11) is 0. The predicted molar refractivity (Wildman–Crippen MR) is 31.0 cm³/mol. The maximum absolute atomic E-state index is 5.53. The minimum Gasteiger partial charge on any atom is -0.0883 e. The summed E-state index contributed by atoms with van der Waals surface area (Å²) in [4.78, 5) is 0. The number of hydrogen-bond donors (Lipinski definition) is 0. The molecule has 0 unspecified atom stereocenters. The summed E-state index contributed by atoms with van der Waals surface area (Å²) in [6.07, 6.45) is 2.21. The molecule has 0 fully saturated rings. The van der Waals surface area contributed by atoms with Crippen molar-refractivity contribution in [3.63, 3.8) is 0 Å². The molecule has 1 aliphatic rings. The molecule has 0 heterocycles. The van der Waals surface area contributed by atoms with Crippen LogP contribution in [0.15, 0.2) is 9.51 Å². The van der Waals surface area contributed by atoms with Gasteiger partial charge in [0.05, 0.1) is 0 Å². The van der Waals surface area contributed by atoms with Gasteiger partial charge in [-0.25, -0.2) is 0 Å². The first-order valence-electron chi connectivity index (χ1n) is 1.84. The molecule has 0 aromatic rings. The van der Waals surface area contributed by atoms with Gasteiger partial charge in [-0.2, -0.15) is 0 Å². The maximum Gasteiger partial charge on any atom is 0.0285 e. The van der Waals surface area contributed by atoms with Crippen LogP contribution in [-0.4, -0.2) is 0 Å². The van der Waals surface area contributed by atoms with Crippen LogP contribution < -0.4 is 0 Å². The van der Waals surface area contributed by atoms with Crippen LogP contribution in [0.2, 0.25) is 0 Å². The van der Waals surface area contributed by atoms with E-state index in [1.807, 2.05) is 0 Å².